The van der Waals surface area contributed by atoms with Gasteiger partial charge in [0.2, 0.25) is 0 Å². The molecule has 20 heavy (non-hydrogen) atoms. The van der Waals surface area contributed by atoms with Crippen LogP contribution in [0, 0.1) is 0 Å². The number of anilines is 1. The largest absolute Gasteiger partial charge is 0.481 e. The standard InChI is InChI=1S/C14H15N3O3/c1-16(12-5-3-2-4-6-12)14(20)11-9-15-17(10-11)8-7-13(18)19/h2-6,9-10H,7-8H2,1H3,(H,18,19). The van der Waals surface area contributed by atoms with E-state index in [1.165, 1.54) is 15.8 Å². The van der Waals surface area contributed by atoms with Gasteiger partial charge in [-0.3, -0.25) is 14.3 Å². The molecule has 1 aromatic carbocycles. The summed E-state index contributed by atoms with van der Waals surface area (Å²) in [5, 5.41) is 12.6. The SMILES string of the molecule is CN(C(=O)c1cnn(CCC(=O)O)c1)c1ccccc1. The fourth-order valence-corrected chi connectivity index (χ4v) is 1.77. The zero-order valence-corrected chi connectivity index (χ0v) is 11.1. The van der Waals surface area contributed by atoms with E-state index in [1.807, 2.05) is 30.3 Å². The number of carbonyl (C=O) groups is 2. The maximum absolute atomic E-state index is 12.3. The second-order valence-corrected chi connectivity index (χ2v) is 4.34. The zero-order chi connectivity index (χ0) is 14.5. The molecule has 0 bridgehead atoms. The summed E-state index contributed by atoms with van der Waals surface area (Å²) in [5.41, 5.74) is 1.22. The van der Waals surface area contributed by atoms with E-state index in [9.17, 15) is 9.59 Å². The van der Waals surface area contributed by atoms with E-state index in [1.54, 1.807) is 13.2 Å². The average Bonchev–Trinajstić information content (AvgIpc) is 2.93. The highest BCUT2D eigenvalue weighted by molar-refractivity contribution is 6.05. The second kappa shape index (κ2) is 6.01. The number of para-hydroxylation sites is 1. The van der Waals surface area contributed by atoms with Gasteiger partial charge in [0.25, 0.3) is 5.91 Å². The molecule has 1 N–H and O–H groups in total. The summed E-state index contributed by atoms with van der Waals surface area (Å²) in [5.74, 6) is -1.08. The number of carbonyl (C=O) groups excluding carboxylic acids is 1. The lowest BCUT2D eigenvalue weighted by atomic mass is 10.2. The summed E-state index contributed by atoms with van der Waals surface area (Å²) in [6, 6.07) is 9.27. The average molecular weight is 273 g/mol. The number of rotatable bonds is 5. The summed E-state index contributed by atoms with van der Waals surface area (Å²) < 4.78 is 1.46. The number of benzene rings is 1. The highest BCUT2D eigenvalue weighted by Crippen LogP contribution is 2.14. The molecule has 0 saturated heterocycles. The van der Waals surface area contributed by atoms with Crippen molar-refractivity contribution < 1.29 is 14.7 Å². The Balaban J connectivity index is 2.08. The van der Waals surface area contributed by atoms with Gasteiger partial charge in [0, 0.05) is 18.9 Å². The minimum absolute atomic E-state index is 0.0240. The maximum atomic E-state index is 12.3. The Kier molecular flexibility index (Phi) is 4.14. The number of carboxylic acids is 1. The fourth-order valence-electron chi connectivity index (χ4n) is 1.77. The normalized spacial score (nSPS) is 10.2. The van der Waals surface area contributed by atoms with Crippen molar-refractivity contribution in [1.82, 2.24) is 9.78 Å². The van der Waals surface area contributed by atoms with Crippen LogP contribution in [0.3, 0.4) is 0 Å². The Morgan fingerprint density at radius 2 is 2.00 bits per heavy atom. The summed E-state index contributed by atoms with van der Waals surface area (Å²) >= 11 is 0. The first kappa shape index (κ1) is 13.8. The van der Waals surface area contributed by atoms with Crippen LogP contribution in [0.5, 0.6) is 0 Å². The van der Waals surface area contributed by atoms with Crippen molar-refractivity contribution in [3.05, 3.63) is 48.3 Å². The molecule has 0 saturated carbocycles. The first-order valence-electron chi connectivity index (χ1n) is 6.15. The van der Waals surface area contributed by atoms with E-state index in [4.69, 9.17) is 5.11 Å². The molecule has 0 fully saturated rings. The molecule has 6 nitrogen and oxygen atoms in total. The number of amides is 1. The van der Waals surface area contributed by atoms with Crippen LogP contribution < -0.4 is 4.90 Å². The first-order chi connectivity index (χ1) is 9.58. The molecule has 1 aromatic heterocycles. The van der Waals surface area contributed by atoms with E-state index < -0.39 is 5.97 Å². The number of hydrogen-bond acceptors (Lipinski definition) is 3. The molecule has 0 aliphatic carbocycles. The quantitative estimate of drug-likeness (QED) is 0.898. The van der Waals surface area contributed by atoms with E-state index >= 15 is 0 Å². The third kappa shape index (κ3) is 3.23. The van der Waals surface area contributed by atoms with Crippen molar-refractivity contribution >= 4 is 17.6 Å². The topological polar surface area (TPSA) is 75.4 Å². The maximum Gasteiger partial charge on any atom is 0.305 e. The van der Waals surface area contributed by atoms with Crippen LogP contribution >= 0.6 is 0 Å². The molecule has 0 atom stereocenters. The van der Waals surface area contributed by atoms with Gasteiger partial charge in [0.1, 0.15) is 0 Å². The van der Waals surface area contributed by atoms with Gasteiger partial charge < -0.3 is 10.0 Å². The van der Waals surface area contributed by atoms with Crippen molar-refractivity contribution in [2.45, 2.75) is 13.0 Å². The Labute approximate surface area is 116 Å². The van der Waals surface area contributed by atoms with Crippen LogP contribution in [0.4, 0.5) is 5.69 Å². The van der Waals surface area contributed by atoms with Crippen molar-refractivity contribution in [2.75, 3.05) is 11.9 Å². The van der Waals surface area contributed by atoms with Crippen LogP contribution in [0.1, 0.15) is 16.8 Å². The highest BCUT2D eigenvalue weighted by atomic mass is 16.4. The van der Waals surface area contributed by atoms with Gasteiger partial charge >= 0.3 is 5.97 Å². The smallest absolute Gasteiger partial charge is 0.305 e. The fraction of sp³-hybridized carbons (Fsp3) is 0.214. The molecule has 1 heterocycles. The summed E-state index contributed by atoms with van der Waals surface area (Å²) in [4.78, 5) is 24.3. The van der Waals surface area contributed by atoms with Crippen LogP contribution in [0.15, 0.2) is 42.7 Å². The van der Waals surface area contributed by atoms with Gasteiger partial charge in [0.15, 0.2) is 0 Å². The molecule has 104 valence electrons. The molecule has 0 unspecified atom stereocenters. The number of nitrogens with zero attached hydrogens (tertiary/aromatic N) is 3. The molecule has 0 aliphatic heterocycles. The van der Waals surface area contributed by atoms with E-state index in [2.05, 4.69) is 5.10 Å². The van der Waals surface area contributed by atoms with Gasteiger partial charge in [-0.1, -0.05) is 18.2 Å². The molecular weight excluding hydrogens is 258 g/mol. The Morgan fingerprint density at radius 3 is 2.65 bits per heavy atom. The molecule has 6 heteroatoms. The highest BCUT2D eigenvalue weighted by Gasteiger charge is 2.15. The number of hydrogen-bond donors (Lipinski definition) is 1. The van der Waals surface area contributed by atoms with Crippen molar-refractivity contribution in [3.8, 4) is 0 Å². The van der Waals surface area contributed by atoms with Crippen molar-refractivity contribution in [1.29, 1.82) is 0 Å². The number of aromatic nitrogens is 2. The monoisotopic (exact) mass is 273 g/mol. The van der Waals surface area contributed by atoms with Gasteiger partial charge in [-0.05, 0) is 12.1 Å². The predicted molar refractivity (Wildman–Crippen MR) is 73.7 cm³/mol. The molecule has 0 radical (unpaired) electrons. The zero-order valence-electron chi connectivity index (χ0n) is 11.1. The summed E-state index contributed by atoms with van der Waals surface area (Å²) in [6.07, 6.45) is 2.98. The molecule has 0 spiro atoms. The van der Waals surface area contributed by atoms with Crippen molar-refractivity contribution in [3.63, 3.8) is 0 Å². The Morgan fingerprint density at radius 1 is 1.30 bits per heavy atom. The molecule has 1 amide bonds. The van der Waals surface area contributed by atoms with Crippen LogP contribution in [-0.4, -0.2) is 33.8 Å². The Bertz CT molecular complexity index is 607. The number of aliphatic carboxylic acids is 1. The number of aryl methyl sites for hydroxylation is 1. The first-order valence-corrected chi connectivity index (χ1v) is 6.15. The van der Waals surface area contributed by atoms with E-state index in [0.717, 1.165) is 5.69 Å². The lowest BCUT2D eigenvalue weighted by molar-refractivity contribution is -0.137. The van der Waals surface area contributed by atoms with E-state index in [-0.39, 0.29) is 18.9 Å². The van der Waals surface area contributed by atoms with Gasteiger partial charge in [-0.2, -0.15) is 5.10 Å². The second-order valence-electron chi connectivity index (χ2n) is 4.34. The number of carboxylic acid groups (broad SMARTS) is 1. The van der Waals surface area contributed by atoms with E-state index in [0.29, 0.717) is 5.56 Å². The molecule has 2 rings (SSSR count). The molecule has 2 aromatic rings. The summed E-state index contributed by atoms with van der Waals surface area (Å²) in [6.45, 7) is 0.248. The van der Waals surface area contributed by atoms with Gasteiger partial charge in [0.05, 0.1) is 24.7 Å². The molecular formula is C14H15N3O3. The third-order valence-electron chi connectivity index (χ3n) is 2.88. The lowest BCUT2D eigenvalue weighted by Gasteiger charge is -2.15. The molecule has 0 aliphatic rings. The minimum Gasteiger partial charge on any atom is -0.481 e. The van der Waals surface area contributed by atoms with Gasteiger partial charge in [-0.25, -0.2) is 0 Å². The Hall–Kier alpha value is -2.63. The van der Waals surface area contributed by atoms with Gasteiger partial charge in [-0.15, -0.1) is 0 Å². The van der Waals surface area contributed by atoms with Crippen LogP contribution in [0.2, 0.25) is 0 Å². The van der Waals surface area contributed by atoms with Crippen LogP contribution in [-0.2, 0) is 11.3 Å². The van der Waals surface area contributed by atoms with Crippen LogP contribution in [0.25, 0.3) is 0 Å². The minimum atomic E-state index is -0.894. The predicted octanol–water partition coefficient (Wildman–Crippen LogP) is 1.63. The lowest BCUT2D eigenvalue weighted by Crippen LogP contribution is -2.25. The third-order valence-corrected chi connectivity index (χ3v) is 2.88. The summed E-state index contributed by atoms with van der Waals surface area (Å²) in [7, 11) is 1.69. The van der Waals surface area contributed by atoms with Crippen molar-refractivity contribution in [2.24, 2.45) is 0 Å².